The minimum Gasteiger partial charge on any atom is -0.486 e. The second-order valence-corrected chi connectivity index (χ2v) is 22.5. The molecule has 18 nitrogen and oxygen atoms in total. The Bertz CT molecular complexity index is 1710. The molecule has 18 heteroatoms. The quantitative estimate of drug-likeness (QED) is 0.0269. The Balaban J connectivity index is 4.08. The van der Waals surface area contributed by atoms with Gasteiger partial charge >= 0.3 is 30.0 Å². The lowest BCUT2D eigenvalue weighted by Gasteiger charge is -2.37. The SMILES string of the molecule is CC(C)(C)OC(=O)CN(CC(=O)OC(C)(C)C)CC(CC(CCCCCCCN)CC(C(=O)COc1ccccc1)C(=O)NNC(=O)OC(C)(C)C)N(CC(=O)OC(C)(C)C)CC(=O)OC(C)(C)C. The molecule has 0 saturated heterocycles. The number of esters is 4. The van der Waals surface area contributed by atoms with Crippen molar-refractivity contribution in [2.45, 2.75) is 189 Å². The summed E-state index contributed by atoms with van der Waals surface area (Å²) < 4.78 is 34.1. The molecule has 0 saturated carbocycles. The first-order chi connectivity index (χ1) is 31.6. The van der Waals surface area contributed by atoms with Crippen LogP contribution in [0.1, 0.15) is 155 Å². The summed E-state index contributed by atoms with van der Waals surface area (Å²) in [6, 6.07) is 7.79. The Labute approximate surface area is 412 Å². The molecule has 0 radical (unpaired) electrons. The third-order valence-electron chi connectivity index (χ3n) is 9.54. The maximum Gasteiger partial charge on any atom is 0.426 e. The molecule has 2 amide bonds. The fourth-order valence-electron chi connectivity index (χ4n) is 7.15. The number of carbonyl (C=O) groups excluding carboxylic acids is 7. The van der Waals surface area contributed by atoms with Crippen LogP contribution in [0.3, 0.4) is 0 Å². The summed E-state index contributed by atoms with van der Waals surface area (Å²) in [4.78, 5) is 98.9. The van der Waals surface area contributed by atoms with Gasteiger partial charge in [-0.1, -0.05) is 50.3 Å². The molecule has 0 fully saturated rings. The van der Waals surface area contributed by atoms with Crippen molar-refractivity contribution >= 4 is 41.7 Å². The molecule has 1 aromatic rings. The first-order valence-electron chi connectivity index (χ1n) is 24.2. The number of unbranched alkanes of at least 4 members (excludes halogenated alkanes) is 4. The van der Waals surface area contributed by atoms with Crippen LogP contribution in [0.25, 0.3) is 0 Å². The summed E-state index contributed by atoms with van der Waals surface area (Å²) >= 11 is 0. The Kier molecular flexibility index (Phi) is 25.9. The highest BCUT2D eigenvalue weighted by molar-refractivity contribution is 6.02. The highest BCUT2D eigenvalue weighted by Crippen LogP contribution is 2.29. The van der Waals surface area contributed by atoms with Crippen LogP contribution < -0.4 is 21.3 Å². The van der Waals surface area contributed by atoms with E-state index < -0.39 is 107 Å². The standard InChI is InChI=1S/C51H87N5O13/c1-47(2,3)65-41(58)31-55(32-42(59)66-48(4,5)6)30-37(56(33-43(60)67-49(7,8)9)34-44(61)68-50(10,11)12)28-36(24-20-17-16-18-23-27-52)29-39(40(57)35-64-38-25-21-19-22-26-38)45(62)53-54-46(63)69-51(13,14)15/h19,21-22,25-26,36-37,39H,16-18,20,23-24,27-35,52H2,1-15H3,(H,53,62)(H,54,63). The zero-order valence-corrected chi connectivity index (χ0v) is 44.5. The van der Waals surface area contributed by atoms with Crippen molar-refractivity contribution < 1.29 is 62.0 Å². The summed E-state index contributed by atoms with van der Waals surface area (Å²) in [6.07, 6.45) is 3.70. The van der Waals surface area contributed by atoms with Gasteiger partial charge in [0.05, 0.1) is 26.2 Å². The van der Waals surface area contributed by atoms with E-state index in [1.54, 1.807) is 144 Å². The highest BCUT2D eigenvalue weighted by Gasteiger charge is 2.36. The molecule has 1 aromatic carbocycles. The van der Waals surface area contributed by atoms with Gasteiger partial charge in [0.25, 0.3) is 0 Å². The number of nitrogens with two attached hydrogens (primary N) is 1. The van der Waals surface area contributed by atoms with Gasteiger partial charge in [-0.2, -0.15) is 0 Å². The highest BCUT2D eigenvalue weighted by atomic mass is 16.6. The molecule has 0 aliphatic heterocycles. The lowest BCUT2D eigenvalue weighted by molar-refractivity contribution is -0.165. The zero-order chi connectivity index (χ0) is 52.8. The topological polar surface area (TPSA) is 231 Å². The van der Waals surface area contributed by atoms with Crippen LogP contribution >= 0.6 is 0 Å². The molecule has 0 heterocycles. The van der Waals surface area contributed by atoms with Crippen molar-refractivity contribution in [2.75, 3.05) is 45.9 Å². The number of hydrogen-bond acceptors (Lipinski definition) is 16. The maximum absolute atomic E-state index is 14.3. The molecule has 394 valence electrons. The summed E-state index contributed by atoms with van der Waals surface area (Å²) in [6.45, 7) is 24.0. The van der Waals surface area contributed by atoms with Gasteiger partial charge in [0.1, 0.15) is 46.3 Å². The first kappa shape index (κ1) is 62.2. The van der Waals surface area contributed by atoms with Gasteiger partial charge < -0.3 is 34.2 Å². The average Bonchev–Trinajstić information content (AvgIpc) is 3.15. The minimum atomic E-state index is -1.38. The van der Waals surface area contributed by atoms with E-state index in [1.807, 2.05) is 0 Å². The third kappa shape index (κ3) is 31.8. The average molecular weight is 978 g/mol. The maximum atomic E-state index is 14.3. The van der Waals surface area contributed by atoms with E-state index >= 15 is 0 Å². The van der Waals surface area contributed by atoms with Crippen LogP contribution in [-0.2, 0) is 52.5 Å². The number of ketones is 1. The Morgan fingerprint density at radius 2 is 0.986 bits per heavy atom. The minimum absolute atomic E-state index is 0.0665. The van der Waals surface area contributed by atoms with Gasteiger partial charge in [0.15, 0.2) is 5.78 Å². The van der Waals surface area contributed by atoms with E-state index in [4.69, 9.17) is 34.2 Å². The predicted molar refractivity (Wildman–Crippen MR) is 263 cm³/mol. The number of nitrogens with zero attached hydrogens (tertiary/aromatic N) is 2. The van der Waals surface area contributed by atoms with E-state index in [9.17, 15) is 33.6 Å². The molecule has 0 aromatic heterocycles. The number of Topliss-reactive ketones (excluding diaryl/α,β-unsaturated/α-hetero) is 1. The van der Waals surface area contributed by atoms with Crippen molar-refractivity contribution in [1.82, 2.24) is 20.7 Å². The van der Waals surface area contributed by atoms with E-state index in [2.05, 4.69) is 10.9 Å². The first-order valence-corrected chi connectivity index (χ1v) is 24.2. The Hall–Kier alpha value is -4.81. The van der Waals surface area contributed by atoms with Crippen LogP contribution in [0.2, 0.25) is 0 Å². The number of rotatable bonds is 27. The lowest BCUT2D eigenvalue weighted by Crippen LogP contribution is -2.52. The molecule has 69 heavy (non-hydrogen) atoms. The second-order valence-electron chi connectivity index (χ2n) is 22.5. The van der Waals surface area contributed by atoms with Crippen LogP contribution in [-0.4, -0.2) is 131 Å². The summed E-state index contributed by atoms with van der Waals surface area (Å²) in [5, 5.41) is 0. The zero-order valence-electron chi connectivity index (χ0n) is 44.5. The molecular weight excluding hydrogens is 891 g/mol. The van der Waals surface area contributed by atoms with Crippen molar-refractivity contribution in [3.05, 3.63) is 30.3 Å². The number of hydrogen-bond donors (Lipinski definition) is 3. The van der Waals surface area contributed by atoms with Gasteiger partial charge in [-0.25, -0.2) is 10.2 Å². The molecule has 0 aliphatic rings. The normalized spacial score (nSPS) is 13.7. The number of para-hydroxylation sites is 1. The van der Waals surface area contributed by atoms with E-state index in [-0.39, 0.29) is 32.5 Å². The third-order valence-corrected chi connectivity index (χ3v) is 9.54. The fraction of sp³-hybridized carbons (Fsp3) is 0.745. The Morgan fingerprint density at radius 1 is 0.551 bits per heavy atom. The number of hydrazine groups is 1. The smallest absolute Gasteiger partial charge is 0.426 e. The van der Waals surface area contributed by atoms with Gasteiger partial charge in [0.2, 0.25) is 5.91 Å². The number of amides is 2. The van der Waals surface area contributed by atoms with E-state index in [1.165, 1.54) is 0 Å². The number of carbonyl (C=O) groups is 7. The van der Waals surface area contributed by atoms with Crippen LogP contribution in [0.5, 0.6) is 5.75 Å². The van der Waals surface area contributed by atoms with Crippen molar-refractivity contribution in [3.8, 4) is 5.75 Å². The van der Waals surface area contributed by atoms with Gasteiger partial charge in [0, 0.05) is 12.6 Å². The van der Waals surface area contributed by atoms with Crippen LogP contribution in [0.15, 0.2) is 30.3 Å². The largest absolute Gasteiger partial charge is 0.486 e. The second kappa shape index (κ2) is 28.8. The molecule has 1 rings (SSSR count). The van der Waals surface area contributed by atoms with E-state index in [0.29, 0.717) is 25.1 Å². The van der Waals surface area contributed by atoms with Crippen molar-refractivity contribution in [3.63, 3.8) is 0 Å². The van der Waals surface area contributed by atoms with Crippen molar-refractivity contribution in [2.24, 2.45) is 17.6 Å². The van der Waals surface area contributed by atoms with E-state index in [0.717, 1.165) is 25.7 Å². The molecule has 3 atom stereocenters. The molecule has 0 spiro atoms. The Morgan fingerprint density at radius 3 is 1.43 bits per heavy atom. The lowest BCUT2D eigenvalue weighted by atomic mass is 9.83. The number of nitrogens with one attached hydrogen (secondary N) is 2. The predicted octanol–water partition coefficient (Wildman–Crippen LogP) is 6.84. The fourth-order valence-corrected chi connectivity index (χ4v) is 7.15. The monoisotopic (exact) mass is 978 g/mol. The summed E-state index contributed by atoms with van der Waals surface area (Å²) in [7, 11) is 0. The molecule has 3 unspecified atom stereocenters. The molecule has 0 bridgehead atoms. The molecular formula is C51H87N5O13. The summed E-state index contributed by atoms with van der Waals surface area (Å²) in [5.41, 5.74) is 5.98. The van der Waals surface area contributed by atoms with Gasteiger partial charge in [-0.15, -0.1) is 0 Å². The molecule has 0 aliphatic carbocycles. The number of ether oxygens (including phenoxy) is 6. The molecule has 4 N–H and O–H groups in total. The summed E-state index contributed by atoms with van der Waals surface area (Å²) in [5.74, 6) is -5.45. The van der Waals surface area contributed by atoms with Gasteiger partial charge in [-0.3, -0.25) is 44.0 Å². The van der Waals surface area contributed by atoms with Crippen molar-refractivity contribution in [1.29, 1.82) is 0 Å². The van der Waals surface area contributed by atoms with Crippen LogP contribution in [0.4, 0.5) is 4.79 Å². The van der Waals surface area contributed by atoms with Crippen LogP contribution in [0, 0.1) is 11.8 Å². The number of benzene rings is 1. The van der Waals surface area contributed by atoms with Gasteiger partial charge in [-0.05, 0) is 148 Å².